The van der Waals surface area contributed by atoms with Gasteiger partial charge < -0.3 is 19.9 Å². The van der Waals surface area contributed by atoms with Crippen LogP contribution in [0.15, 0.2) is 48.5 Å². The number of hydrogen-bond acceptors (Lipinski definition) is 4. The van der Waals surface area contributed by atoms with Crippen LogP contribution in [0.25, 0.3) is 0 Å². The van der Waals surface area contributed by atoms with E-state index < -0.39 is 24.0 Å². The number of nitrogens with one attached hydrogen (secondary N) is 1. The monoisotopic (exact) mass is 343 g/mol. The van der Waals surface area contributed by atoms with Crippen molar-refractivity contribution in [3.05, 3.63) is 59.7 Å². The number of carboxylic acid groups (broad SMARTS) is 1. The lowest BCUT2D eigenvalue weighted by Crippen LogP contribution is -2.41. The van der Waals surface area contributed by atoms with E-state index in [-0.39, 0.29) is 0 Å². The van der Waals surface area contributed by atoms with Crippen molar-refractivity contribution >= 4 is 11.9 Å². The number of carbonyl (C=O) groups is 2. The number of aliphatic carboxylic acids is 1. The average Bonchev–Trinajstić information content (AvgIpc) is 2.61. The molecule has 6 heteroatoms. The van der Waals surface area contributed by atoms with E-state index in [2.05, 4.69) is 5.32 Å². The van der Waals surface area contributed by atoms with Gasteiger partial charge in [-0.25, -0.2) is 4.79 Å². The highest BCUT2D eigenvalue weighted by atomic mass is 16.5. The zero-order valence-electron chi connectivity index (χ0n) is 14.4. The third-order valence-corrected chi connectivity index (χ3v) is 3.69. The van der Waals surface area contributed by atoms with E-state index in [0.717, 1.165) is 5.56 Å². The van der Waals surface area contributed by atoms with Crippen LogP contribution in [-0.2, 0) is 9.59 Å². The van der Waals surface area contributed by atoms with Crippen LogP contribution in [-0.4, -0.2) is 30.2 Å². The molecule has 6 nitrogen and oxygen atoms in total. The minimum absolute atomic E-state index is 0.448. The fourth-order valence-electron chi connectivity index (χ4n) is 2.22. The molecule has 0 bridgehead atoms. The highest BCUT2D eigenvalue weighted by molar-refractivity contribution is 5.87. The lowest BCUT2D eigenvalue weighted by molar-refractivity contribution is -0.143. The van der Waals surface area contributed by atoms with Crippen molar-refractivity contribution in [2.45, 2.75) is 26.0 Å². The standard InChI is InChI=1S/C19H21NO5/c1-12-4-8-16(9-5-12)25-13(2)18(21)20-17(19(22)23)14-6-10-15(24-3)11-7-14/h4-11,13,17H,1-3H3,(H,20,21)(H,22,23). The summed E-state index contributed by atoms with van der Waals surface area (Å²) in [6.07, 6.45) is -0.831. The van der Waals surface area contributed by atoms with Gasteiger partial charge in [0.15, 0.2) is 12.1 Å². The van der Waals surface area contributed by atoms with Gasteiger partial charge in [0, 0.05) is 0 Å². The van der Waals surface area contributed by atoms with Crippen molar-refractivity contribution in [1.82, 2.24) is 5.32 Å². The van der Waals surface area contributed by atoms with Crippen LogP contribution in [0, 0.1) is 6.92 Å². The Balaban J connectivity index is 2.05. The minimum atomic E-state index is -1.16. The van der Waals surface area contributed by atoms with Crippen molar-refractivity contribution in [1.29, 1.82) is 0 Å². The maximum absolute atomic E-state index is 12.3. The SMILES string of the molecule is COc1ccc(C(NC(=O)C(C)Oc2ccc(C)cc2)C(=O)O)cc1. The average molecular weight is 343 g/mol. The van der Waals surface area contributed by atoms with Crippen LogP contribution < -0.4 is 14.8 Å². The number of rotatable bonds is 7. The van der Waals surface area contributed by atoms with E-state index >= 15 is 0 Å². The first kappa shape index (κ1) is 18.3. The molecule has 2 unspecified atom stereocenters. The summed E-state index contributed by atoms with van der Waals surface area (Å²) in [5.41, 5.74) is 1.53. The van der Waals surface area contributed by atoms with Crippen molar-refractivity contribution in [2.75, 3.05) is 7.11 Å². The van der Waals surface area contributed by atoms with Gasteiger partial charge >= 0.3 is 5.97 Å². The smallest absolute Gasteiger partial charge is 0.330 e. The van der Waals surface area contributed by atoms with Crippen molar-refractivity contribution < 1.29 is 24.2 Å². The van der Waals surface area contributed by atoms with E-state index in [9.17, 15) is 14.7 Å². The van der Waals surface area contributed by atoms with Gasteiger partial charge in [0.1, 0.15) is 11.5 Å². The Bertz CT molecular complexity index is 724. The molecule has 0 heterocycles. The maximum Gasteiger partial charge on any atom is 0.330 e. The molecular weight excluding hydrogens is 322 g/mol. The molecule has 0 radical (unpaired) electrons. The molecule has 0 fully saturated rings. The third-order valence-electron chi connectivity index (χ3n) is 3.69. The van der Waals surface area contributed by atoms with E-state index in [0.29, 0.717) is 17.1 Å². The Kier molecular flexibility index (Phi) is 6.00. The Labute approximate surface area is 146 Å². The summed E-state index contributed by atoms with van der Waals surface area (Å²) < 4.78 is 10.6. The molecular formula is C19H21NO5. The van der Waals surface area contributed by atoms with Gasteiger partial charge in [0.05, 0.1) is 7.11 Å². The second-order valence-corrected chi connectivity index (χ2v) is 5.63. The first-order valence-electron chi connectivity index (χ1n) is 7.81. The molecule has 0 aromatic heterocycles. The summed E-state index contributed by atoms with van der Waals surface area (Å²) >= 11 is 0. The summed E-state index contributed by atoms with van der Waals surface area (Å²) in [6.45, 7) is 3.52. The predicted octanol–water partition coefficient (Wildman–Crippen LogP) is 2.71. The molecule has 0 aliphatic carbocycles. The van der Waals surface area contributed by atoms with Crippen LogP contribution >= 0.6 is 0 Å². The Morgan fingerprint density at radius 3 is 2.08 bits per heavy atom. The zero-order chi connectivity index (χ0) is 18.4. The first-order valence-corrected chi connectivity index (χ1v) is 7.81. The molecule has 25 heavy (non-hydrogen) atoms. The molecule has 2 atom stereocenters. The number of carboxylic acids is 1. The van der Waals surface area contributed by atoms with Gasteiger partial charge in [0.2, 0.25) is 0 Å². The van der Waals surface area contributed by atoms with E-state index in [1.807, 2.05) is 19.1 Å². The van der Waals surface area contributed by atoms with E-state index in [1.165, 1.54) is 7.11 Å². The van der Waals surface area contributed by atoms with Gasteiger partial charge in [-0.15, -0.1) is 0 Å². The van der Waals surface area contributed by atoms with Gasteiger partial charge in [-0.2, -0.15) is 0 Å². The van der Waals surface area contributed by atoms with Gasteiger partial charge in [-0.05, 0) is 43.7 Å². The van der Waals surface area contributed by atoms with Crippen LogP contribution in [0.1, 0.15) is 24.1 Å². The lowest BCUT2D eigenvalue weighted by atomic mass is 10.1. The summed E-state index contributed by atoms with van der Waals surface area (Å²) in [4.78, 5) is 23.8. The van der Waals surface area contributed by atoms with Crippen molar-refractivity contribution in [3.63, 3.8) is 0 Å². The zero-order valence-corrected chi connectivity index (χ0v) is 14.4. The largest absolute Gasteiger partial charge is 0.497 e. The molecule has 1 amide bonds. The first-order chi connectivity index (χ1) is 11.9. The lowest BCUT2D eigenvalue weighted by Gasteiger charge is -2.19. The Morgan fingerprint density at radius 1 is 1.00 bits per heavy atom. The number of benzene rings is 2. The molecule has 0 aliphatic rings. The van der Waals surface area contributed by atoms with Crippen LogP contribution in [0.3, 0.4) is 0 Å². The second-order valence-electron chi connectivity index (χ2n) is 5.63. The summed E-state index contributed by atoms with van der Waals surface area (Å²) in [5.74, 6) is -0.510. The molecule has 2 rings (SSSR count). The number of ether oxygens (including phenoxy) is 2. The van der Waals surface area contributed by atoms with Crippen LogP contribution in [0.2, 0.25) is 0 Å². The fourth-order valence-corrected chi connectivity index (χ4v) is 2.22. The summed E-state index contributed by atoms with van der Waals surface area (Å²) in [7, 11) is 1.52. The fraction of sp³-hybridized carbons (Fsp3) is 0.263. The molecule has 0 saturated carbocycles. The topological polar surface area (TPSA) is 84.9 Å². The number of carbonyl (C=O) groups excluding carboxylic acids is 1. The molecule has 132 valence electrons. The molecule has 0 aliphatic heterocycles. The van der Waals surface area contributed by atoms with Gasteiger partial charge in [0.25, 0.3) is 5.91 Å². The predicted molar refractivity (Wildman–Crippen MR) is 92.8 cm³/mol. The molecule has 2 aromatic carbocycles. The number of aryl methyl sites for hydroxylation is 1. The highest BCUT2D eigenvalue weighted by Gasteiger charge is 2.25. The molecule has 2 aromatic rings. The van der Waals surface area contributed by atoms with E-state index in [1.54, 1.807) is 43.3 Å². The minimum Gasteiger partial charge on any atom is -0.497 e. The maximum atomic E-state index is 12.3. The van der Waals surface area contributed by atoms with E-state index in [4.69, 9.17) is 9.47 Å². The van der Waals surface area contributed by atoms with Gasteiger partial charge in [-0.3, -0.25) is 4.79 Å². The van der Waals surface area contributed by atoms with Crippen LogP contribution in [0.5, 0.6) is 11.5 Å². The molecule has 2 N–H and O–H groups in total. The highest BCUT2D eigenvalue weighted by Crippen LogP contribution is 2.19. The quantitative estimate of drug-likeness (QED) is 0.807. The Morgan fingerprint density at radius 2 is 1.56 bits per heavy atom. The third kappa shape index (κ3) is 4.97. The molecule has 0 saturated heterocycles. The molecule has 0 spiro atoms. The van der Waals surface area contributed by atoms with Crippen molar-refractivity contribution in [3.8, 4) is 11.5 Å². The van der Waals surface area contributed by atoms with Crippen molar-refractivity contribution in [2.24, 2.45) is 0 Å². The number of methoxy groups -OCH3 is 1. The normalized spacial score (nSPS) is 12.8. The number of hydrogen-bond donors (Lipinski definition) is 2. The van der Waals surface area contributed by atoms with Crippen LogP contribution in [0.4, 0.5) is 0 Å². The second kappa shape index (κ2) is 8.19. The summed E-state index contributed by atoms with van der Waals surface area (Å²) in [6, 6.07) is 12.6. The Hall–Kier alpha value is -3.02. The summed E-state index contributed by atoms with van der Waals surface area (Å²) in [5, 5.41) is 11.9. The van der Waals surface area contributed by atoms with Gasteiger partial charge in [-0.1, -0.05) is 29.8 Å². The number of amides is 1.